The summed E-state index contributed by atoms with van der Waals surface area (Å²) in [6.07, 6.45) is 3.16. The third kappa shape index (κ3) is 2.50. The smallest absolute Gasteiger partial charge is 0.343 e. The van der Waals surface area contributed by atoms with E-state index in [4.69, 9.17) is 9.47 Å². The molecule has 22 heavy (non-hydrogen) atoms. The molecule has 1 aromatic rings. The summed E-state index contributed by atoms with van der Waals surface area (Å²) in [6, 6.07) is -0.0459. The van der Waals surface area contributed by atoms with Crippen LogP contribution in [-0.4, -0.2) is 72.7 Å². The topological polar surface area (TPSA) is 84.9 Å². The van der Waals surface area contributed by atoms with Crippen LogP contribution in [-0.2, 0) is 14.3 Å². The van der Waals surface area contributed by atoms with E-state index < -0.39 is 5.97 Å². The number of ether oxygens (including phenoxy) is 2. The lowest BCUT2D eigenvalue weighted by Crippen LogP contribution is -2.42. The fourth-order valence-electron chi connectivity index (χ4n) is 2.95. The van der Waals surface area contributed by atoms with E-state index in [0.29, 0.717) is 37.5 Å². The fraction of sp³-hybridized carbons (Fsp3) is 0.571. The summed E-state index contributed by atoms with van der Waals surface area (Å²) in [4.78, 5) is 35.6. The molecule has 2 atom stereocenters. The van der Waals surface area contributed by atoms with Gasteiger partial charge in [-0.15, -0.1) is 0 Å². The van der Waals surface area contributed by atoms with Gasteiger partial charge in [0.05, 0.1) is 32.3 Å². The third-order valence-electron chi connectivity index (χ3n) is 4.17. The van der Waals surface area contributed by atoms with Gasteiger partial charge in [-0.3, -0.25) is 4.79 Å². The van der Waals surface area contributed by atoms with Gasteiger partial charge in [0.1, 0.15) is 17.7 Å². The maximum absolute atomic E-state index is 11.9. The molecule has 2 aliphatic rings. The molecule has 0 bridgehead atoms. The number of amides is 1. The van der Waals surface area contributed by atoms with Gasteiger partial charge >= 0.3 is 5.97 Å². The highest BCUT2D eigenvalue weighted by Crippen LogP contribution is 2.27. The van der Waals surface area contributed by atoms with Gasteiger partial charge in [-0.1, -0.05) is 0 Å². The SMILES string of the molecule is COC(=O)c1cncnc1N1C[C@@H]2OCCC(=O)N(C)[C@H]2C1. The number of hydrogen-bond donors (Lipinski definition) is 0. The van der Waals surface area contributed by atoms with E-state index in [1.165, 1.54) is 19.6 Å². The highest BCUT2D eigenvalue weighted by Gasteiger charge is 2.41. The van der Waals surface area contributed by atoms with E-state index in [0.717, 1.165) is 0 Å². The minimum Gasteiger partial charge on any atom is -0.465 e. The van der Waals surface area contributed by atoms with Gasteiger partial charge in [-0.25, -0.2) is 14.8 Å². The standard InChI is InChI=1S/C14H18N4O4/c1-17-10-6-18(7-11(10)22-4-3-12(17)19)13-9(14(20)21-2)5-15-8-16-13/h5,8,10-11H,3-4,6-7H2,1-2H3/t10-,11-/m0/s1. The summed E-state index contributed by atoms with van der Waals surface area (Å²) in [5.74, 6) is 0.109. The predicted octanol–water partition coefficient (Wildman–Crippen LogP) is -0.301. The number of hydrogen-bond acceptors (Lipinski definition) is 7. The first kappa shape index (κ1) is 14.7. The quantitative estimate of drug-likeness (QED) is 0.693. The number of likely N-dealkylation sites (N-methyl/N-ethyl adjacent to an activating group) is 1. The molecule has 3 rings (SSSR count). The van der Waals surface area contributed by atoms with Crippen LogP contribution in [0.5, 0.6) is 0 Å². The molecule has 0 radical (unpaired) electrons. The van der Waals surface area contributed by atoms with Gasteiger partial charge in [0.25, 0.3) is 0 Å². The average molecular weight is 306 g/mol. The van der Waals surface area contributed by atoms with Crippen LogP contribution in [0, 0.1) is 0 Å². The van der Waals surface area contributed by atoms with Crippen molar-refractivity contribution in [1.82, 2.24) is 14.9 Å². The molecular weight excluding hydrogens is 288 g/mol. The monoisotopic (exact) mass is 306 g/mol. The van der Waals surface area contributed by atoms with Crippen molar-refractivity contribution in [3.63, 3.8) is 0 Å². The molecule has 2 saturated heterocycles. The Morgan fingerprint density at radius 3 is 3.05 bits per heavy atom. The number of carbonyl (C=O) groups is 2. The van der Waals surface area contributed by atoms with Crippen molar-refractivity contribution >= 4 is 17.7 Å². The van der Waals surface area contributed by atoms with Crippen molar-refractivity contribution in [3.05, 3.63) is 18.1 Å². The number of aromatic nitrogens is 2. The Kier molecular flexibility index (Phi) is 3.93. The second-order valence-electron chi connectivity index (χ2n) is 5.39. The van der Waals surface area contributed by atoms with Crippen LogP contribution in [0.25, 0.3) is 0 Å². The minimum atomic E-state index is -0.479. The van der Waals surface area contributed by atoms with E-state index in [1.54, 1.807) is 11.9 Å². The molecule has 1 aromatic heterocycles. The number of nitrogens with zero attached hydrogens (tertiary/aromatic N) is 4. The van der Waals surface area contributed by atoms with Gasteiger partial charge in [0.15, 0.2) is 0 Å². The number of carbonyl (C=O) groups excluding carboxylic acids is 2. The Bertz CT molecular complexity index is 594. The predicted molar refractivity (Wildman–Crippen MR) is 76.5 cm³/mol. The maximum Gasteiger partial charge on any atom is 0.343 e. The minimum absolute atomic E-state index is 0.0459. The molecule has 0 N–H and O–H groups in total. The molecule has 0 aromatic carbocycles. The van der Waals surface area contributed by atoms with Crippen molar-refractivity contribution in [2.45, 2.75) is 18.6 Å². The highest BCUT2D eigenvalue weighted by atomic mass is 16.5. The van der Waals surface area contributed by atoms with Crippen molar-refractivity contribution in [3.8, 4) is 0 Å². The van der Waals surface area contributed by atoms with Crippen LogP contribution in [0.2, 0.25) is 0 Å². The van der Waals surface area contributed by atoms with Crippen molar-refractivity contribution in [1.29, 1.82) is 0 Å². The molecule has 0 aliphatic carbocycles. The Morgan fingerprint density at radius 1 is 1.45 bits per heavy atom. The fourth-order valence-corrected chi connectivity index (χ4v) is 2.95. The first-order valence-electron chi connectivity index (χ1n) is 7.12. The summed E-state index contributed by atoms with van der Waals surface area (Å²) in [7, 11) is 3.11. The Labute approximate surface area is 128 Å². The lowest BCUT2D eigenvalue weighted by molar-refractivity contribution is -0.130. The van der Waals surface area contributed by atoms with Crippen molar-refractivity contribution in [2.75, 3.05) is 38.8 Å². The van der Waals surface area contributed by atoms with Gasteiger partial charge in [0, 0.05) is 26.3 Å². The van der Waals surface area contributed by atoms with E-state index in [2.05, 4.69) is 9.97 Å². The van der Waals surface area contributed by atoms with Gasteiger partial charge < -0.3 is 19.3 Å². The molecule has 1 amide bonds. The number of anilines is 1. The second-order valence-corrected chi connectivity index (χ2v) is 5.39. The van der Waals surface area contributed by atoms with Crippen LogP contribution < -0.4 is 4.90 Å². The molecule has 3 heterocycles. The number of rotatable bonds is 2. The Hall–Kier alpha value is -2.22. The summed E-state index contributed by atoms with van der Waals surface area (Å²) in [6.45, 7) is 1.56. The van der Waals surface area contributed by atoms with Gasteiger partial charge in [-0.05, 0) is 0 Å². The van der Waals surface area contributed by atoms with Crippen molar-refractivity contribution < 1.29 is 19.1 Å². The lowest BCUT2D eigenvalue weighted by atomic mass is 10.2. The molecule has 0 spiro atoms. The van der Waals surface area contributed by atoms with Crippen LogP contribution in [0.1, 0.15) is 16.8 Å². The van der Waals surface area contributed by atoms with Crippen molar-refractivity contribution in [2.24, 2.45) is 0 Å². The summed E-state index contributed by atoms with van der Waals surface area (Å²) < 4.78 is 10.6. The van der Waals surface area contributed by atoms with Gasteiger partial charge in [-0.2, -0.15) is 0 Å². The summed E-state index contributed by atoms with van der Waals surface area (Å²) >= 11 is 0. The van der Waals surface area contributed by atoms with Crippen LogP contribution >= 0.6 is 0 Å². The van der Waals surface area contributed by atoms with Crippen LogP contribution in [0.15, 0.2) is 12.5 Å². The molecule has 0 saturated carbocycles. The first-order chi connectivity index (χ1) is 10.6. The highest BCUT2D eigenvalue weighted by molar-refractivity contribution is 5.94. The Balaban J connectivity index is 1.87. The summed E-state index contributed by atoms with van der Waals surface area (Å²) in [5, 5.41) is 0. The zero-order valence-electron chi connectivity index (χ0n) is 12.6. The lowest BCUT2D eigenvalue weighted by Gasteiger charge is -2.25. The zero-order chi connectivity index (χ0) is 15.7. The molecule has 0 unspecified atom stereocenters. The molecule has 2 fully saturated rings. The summed E-state index contributed by atoms with van der Waals surface area (Å²) in [5.41, 5.74) is 0.315. The maximum atomic E-state index is 11.9. The molecule has 2 aliphatic heterocycles. The molecule has 118 valence electrons. The number of methoxy groups -OCH3 is 1. The largest absolute Gasteiger partial charge is 0.465 e. The number of fused-ring (bicyclic) bond motifs is 1. The first-order valence-corrected chi connectivity index (χ1v) is 7.12. The van der Waals surface area contributed by atoms with E-state index in [1.807, 2.05) is 4.90 Å². The molecular formula is C14H18N4O4. The average Bonchev–Trinajstić information content (AvgIpc) is 2.92. The van der Waals surface area contributed by atoms with E-state index in [-0.39, 0.29) is 18.1 Å². The zero-order valence-corrected chi connectivity index (χ0v) is 12.6. The van der Waals surface area contributed by atoms with Gasteiger partial charge in [0.2, 0.25) is 5.91 Å². The van der Waals surface area contributed by atoms with Crippen LogP contribution in [0.3, 0.4) is 0 Å². The normalized spacial score (nSPS) is 24.9. The molecule has 8 heteroatoms. The molecule has 8 nitrogen and oxygen atoms in total. The van der Waals surface area contributed by atoms with Crippen LogP contribution in [0.4, 0.5) is 5.82 Å². The van der Waals surface area contributed by atoms with E-state index >= 15 is 0 Å². The van der Waals surface area contributed by atoms with E-state index in [9.17, 15) is 9.59 Å². The number of esters is 1. The third-order valence-corrected chi connectivity index (χ3v) is 4.17. The Morgan fingerprint density at radius 2 is 2.27 bits per heavy atom. The second kappa shape index (κ2) is 5.88.